The van der Waals surface area contributed by atoms with Gasteiger partial charge in [-0.2, -0.15) is 0 Å². The minimum absolute atomic E-state index is 0. The Labute approximate surface area is 233 Å². The van der Waals surface area contributed by atoms with Crippen LogP contribution in [0.25, 0.3) is 11.4 Å². The first-order chi connectivity index (χ1) is 16.7. The van der Waals surface area contributed by atoms with E-state index >= 15 is 0 Å². The van der Waals surface area contributed by atoms with Gasteiger partial charge in [0.25, 0.3) is 0 Å². The van der Waals surface area contributed by atoms with Crippen LogP contribution in [0.3, 0.4) is 0 Å². The van der Waals surface area contributed by atoms with E-state index in [0.717, 1.165) is 17.8 Å². The predicted molar refractivity (Wildman–Crippen MR) is 148 cm³/mol. The standard InChI is InChI=1S/C24H35N2.C7H12O2.Ir/c1-5-6-7-8-9-10-11-12-13-20-18-25-23(26-19-20)21-14-16-22(17-15-21)24(2,3)4;1-3-6(8)5-7(9)4-2;/h14,16-19H,5-13H2,1-4H3;5,8H,3-4H2,1-2H3;/q-1;;. The zero-order valence-electron chi connectivity index (χ0n) is 23.3. The number of aromatic nitrogens is 2. The molecule has 0 spiro atoms. The monoisotopic (exact) mass is 672 g/mol. The minimum atomic E-state index is -0.0191. The molecule has 0 amide bonds. The maximum Gasteiger partial charge on any atom is 0.158 e. The van der Waals surface area contributed by atoms with Gasteiger partial charge in [-0.25, -0.2) is 0 Å². The Kier molecular flexibility index (Phi) is 18.3. The summed E-state index contributed by atoms with van der Waals surface area (Å²) < 4.78 is 0. The van der Waals surface area contributed by atoms with Crippen LogP contribution in [0.2, 0.25) is 0 Å². The number of carbonyl (C=O) groups is 1. The van der Waals surface area contributed by atoms with Crippen molar-refractivity contribution in [3.05, 3.63) is 59.6 Å². The van der Waals surface area contributed by atoms with E-state index in [2.05, 4.69) is 61.9 Å². The molecule has 36 heavy (non-hydrogen) atoms. The van der Waals surface area contributed by atoms with E-state index in [1.54, 1.807) is 13.8 Å². The largest absolute Gasteiger partial charge is 0.512 e. The molecule has 1 aromatic heterocycles. The van der Waals surface area contributed by atoms with Crippen LogP contribution >= 0.6 is 0 Å². The maximum absolute atomic E-state index is 10.5. The number of nitrogens with zero attached hydrogens (tertiary/aromatic N) is 2. The van der Waals surface area contributed by atoms with Crippen molar-refractivity contribution in [3.8, 4) is 11.4 Å². The molecule has 2 rings (SSSR count). The summed E-state index contributed by atoms with van der Waals surface area (Å²) in [5, 5.41) is 8.80. The van der Waals surface area contributed by atoms with Crippen molar-refractivity contribution in [2.45, 2.75) is 118 Å². The number of hydrogen-bond donors (Lipinski definition) is 1. The summed E-state index contributed by atoms with van der Waals surface area (Å²) >= 11 is 0. The molecule has 0 bridgehead atoms. The molecule has 0 aliphatic heterocycles. The summed E-state index contributed by atoms with van der Waals surface area (Å²) in [6.07, 6.45) is 18.1. The molecule has 0 fully saturated rings. The topological polar surface area (TPSA) is 63.1 Å². The van der Waals surface area contributed by atoms with Gasteiger partial charge in [-0.1, -0.05) is 86.5 Å². The number of allylic oxidation sites excluding steroid dienone is 2. The Bertz CT molecular complexity index is 869. The average molecular weight is 672 g/mol. The van der Waals surface area contributed by atoms with Gasteiger partial charge in [0, 0.05) is 51.4 Å². The molecule has 203 valence electrons. The fraction of sp³-hybridized carbons (Fsp3) is 0.581. The van der Waals surface area contributed by atoms with Crippen molar-refractivity contribution in [2.75, 3.05) is 0 Å². The van der Waals surface area contributed by atoms with Crippen LogP contribution in [-0.4, -0.2) is 20.9 Å². The van der Waals surface area contributed by atoms with Crippen LogP contribution in [0.5, 0.6) is 0 Å². The summed E-state index contributed by atoms with van der Waals surface area (Å²) in [7, 11) is 0. The molecule has 1 N–H and O–H groups in total. The van der Waals surface area contributed by atoms with Crippen molar-refractivity contribution >= 4 is 5.78 Å². The van der Waals surface area contributed by atoms with Crippen LogP contribution in [0, 0.1) is 6.07 Å². The zero-order chi connectivity index (χ0) is 26.1. The number of ketones is 1. The van der Waals surface area contributed by atoms with E-state index in [4.69, 9.17) is 5.11 Å². The van der Waals surface area contributed by atoms with Gasteiger partial charge in [-0.15, -0.1) is 35.4 Å². The third kappa shape index (κ3) is 14.7. The maximum atomic E-state index is 10.5. The molecule has 0 saturated carbocycles. The Balaban J connectivity index is 0.00000105. The molecule has 0 aliphatic carbocycles. The molecule has 1 radical (unpaired) electrons. The number of aliphatic hydroxyl groups excluding tert-OH is 1. The van der Waals surface area contributed by atoms with Crippen LogP contribution < -0.4 is 0 Å². The van der Waals surface area contributed by atoms with Crippen LogP contribution in [0.1, 0.15) is 117 Å². The van der Waals surface area contributed by atoms with Gasteiger partial charge in [0.05, 0.1) is 11.6 Å². The number of aliphatic hydroxyl groups is 1. The van der Waals surface area contributed by atoms with E-state index < -0.39 is 0 Å². The van der Waals surface area contributed by atoms with E-state index in [0.29, 0.717) is 12.8 Å². The van der Waals surface area contributed by atoms with Gasteiger partial charge in [-0.3, -0.25) is 14.8 Å². The van der Waals surface area contributed by atoms with Crippen LogP contribution in [0.15, 0.2) is 42.4 Å². The third-order valence-electron chi connectivity index (χ3n) is 5.98. The second kappa shape index (κ2) is 19.3. The van der Waals surface area contributed by atoms with Gasteiger partial charge < -0.3 is 5.11 Å². The van der Waals surface area contributed by atoms with Crippen LogP contribution in [-0.2, 0) is 36.7 Å². The average Bonchev–Trinajstić information content (AvgIpc) is 2.86. The predicted octanol–water partition coefficient (Wildman–Crippen LogP) is 8.74. The number of unbranched alkanes of at least 4 members (excludes halogenated alkanes) is 7. The first-order valence-corrected chi connectivity index (χ1v) is 13.5. The quantitative estimate of drug-likeness (QED) is 0.100. The molecule has 0 atom stereocenters. The Morgan fingerprint density at radius 2 is 1.50 bits per heavy atom. The Morgan fingerprint density at radius 1 is 0.917 bits per heavy atom. The van der Waals surface area contributed by atoms with Gasteiger partial charge in [0.15, 0.2) is 5.78 Å². The smallest absolute Gasteiger partial charge is 0.158 e. The molecule has 0 aliphatic rings. The van der Waals surface area contributed by atoms with Crippen molar-refractivity contribution in [1.29, 1.82) is 0 Å². The summed E-state index contributed by atoms with van der Waals surface area (Å²) in [4.78, 5) is 19.6. The summed E-state index contributed by atoms with van der Waals surface area (Å²) in [6, 6.07) is 9.63. The third-order valence-corrected chi connectivity index (χ3v) is 5.98. The summed E-state index contributed by atoms with van der Waals surface area (Å²) in [6.45, 7) is 12.5. The second-order valence-electron chi connectivity index (χ2n) is 10.2. The fourth-order valence-electron chi connectivity index (χ4n) is 3.51. The molecular formula is C31H47IrN2O2-. The van der Waals surface area contributed by atoms with E-state index in [9.17, 15) is 4.79 Å². The van der Waals surface area contributed by atoms with Crippen molar-refractivity contribution in [3.63, 3.8) is 0 Å². The molecule has 2 aromatic rings. The number of hydrogen-bond acceptors (Lipinski definition) is 4. The van der Waals surface area contributed by atoms with E-state index in [1.807, 2.05) is 12.4 Å². The van der Waals surface area contributed by atoms with Crippen molar-refractivity contribution in [2.24, 2.45) is 0 Å². The van der Waals surface area contributed by atoms with Crippen molar-refractivity contribution in [1.82, 2.24) is 9.97 Å². The van der Waals surface area contributed by atoms with Gasteiger partial charge >= 0.3 is 0 Å². The van der Waals surface area contributed by atoms with Gasteiger partial charge in [0.1, 0.15) is 0 Å². The normalized spacial score (nSPS) is 11.3. The van der Waals surface area contributed by atoms with Gasteiger partial charge in [-0.05, 0) is 23.8 Å². The second-order valence-corrected chi connectivity index (χ2v) is 10.2. The molecule has 4 nitrogen and oxygen atoms in total. The SMILES string of the molecule is CCC(=O)C=C(O)CC.CCCCCCCCCCc1cnc(-c2[c-]cc(C(C)(C)C)cc2)nc1.[Ir]. The van der Waals surface area contributed by atoms with Crippen molar-refractivity contribution < 1.29 is 30.0 Å². The number of rotatable bonds is 13. The zero-order valence-corrected chi connectivity index (χ0v) is 25.7. The molecule has 0 saturated heterocycles. The summed E-state index contributed by atoms with van der Waals surface area (Å²) in [5.74, 6) is 0.918. The molecule has 1 heterocycles. The molecule has 0 unspecified atom stereocenters. The first kappa shape index (κ1) is 34.2. The Morgan fingerprint density at radius 3 is 1.97 bits per heavy atom. The number of benzene rings is 1. The minimum Gasteiger partial charge on any atom is -0.512 e. The van der Waals surface area contributed by atoms with Crippen LogP contribution in [0.4, 0.5) is 0 Å². The number of aryl methyl sites for hydroxylation is 1. The summed E-state index contributed by atoms with van der Waals surface area (Å²) in [5.41, 5.74) is 3.64. The Hall–Kier alpha value is -1.84. The van der Waals surface area contributed by atoms with Gasteiger partial charge in [0.2, 0.25) is 0 Å². The number of carbonyl (C=O) groups excluding carboxylic acids is 1. The molecule has 5 heteroatoms. The first-order valence-electron chi connectivity index (χ1n) is 13.5. The van der Waals surface area contributed by atoms with E-state index in [1.165, 1.54) is 68.6 Å². The molecular weight excluding hydrogens is 625 g/mol. The molecule has 1 aromatic carbocycles. The fourth-order valence-corrected chi connectivity index (χ4v) is 3.51. The van der Waals surface area contributed by atoms with E-state index in [-0.39, 0.29) is 37.1 Å².